The summed E-state index contributed by atoms with van der Waals surface area (Å²) in [6.45, 7) is 3.47. The number of hydrogen-bond acceptors (Lipinski definition) is 2. The lowest BCUT2D eigenvalue weighted by molar-refractivity contribution is 0.580. The fourth-order valence-electron chi connectivity index (χ4n) is 1.64. The van der Waals surface area contributed by atoms with Crippen molar-refractivity contribution in [2.75, 3.05) is 11.1 Å². The number of halogens is 2. The van der Waals surface area contributed by atoms with Gasteiger partial charge in [-0.2, -0.15) is 0 Å². The zero-order chi connectivity index (χ0) is 13.8. The summed E-state index contributed by atoms with van der Waals surface area (Å²) in [4.78, 5) is 0. The molecular weight excluding hydrogens is 380 g/mol. The number of benzene rings is 1. The second-order valence-corrected chi connectivity index (χ2v) is 8.85. The molecule has 0 saturated carbocycles. The van der Waals surface area contributed by atoms with Crippen molar-refractivity contribution in [2.45, 2.75) is 31.4 Å². The highest BCUT2D eigenvalue weighted by Crippen LogP contribution is 2.25. The van der Waals surface area contributed by atoms with Gasteiger partial charge in [0.25, 0.3) is 0 Å². The Kier molecular flexibility index (Phi) is 6.35. The summed E-state index contributed by atoms with van der Waals surface area (Å²) in [6.07, 6.45) is 0.655. The topological polar surface area (TPSA) is 34.1 Å². The minimum Gasteiger partial charge on any atom is -0.229 e. The van der Waals surface area contributed by atoms with Crippen LogP contribution < -0.4 is 0 Å². The number of alkyl halides is 1. The van der Waals surface area contributed by atoms with E-state index in [9.17, 15) is 8.42 Å². The van der Waals surface area contributed by atoms with Crippen LogP contribution in [0.1, 0.15) is 31.7 Å². The highest BCUT2D eigenvalue weighted by molar-refractivity contribution is 9.10. The molecule has 0 aliphatic carbocycles. The molecule has 0 heterocycles. The van der Waals surface area contributed by atoms with Gasteiger partial charge in [0.05, 0.1) is 11.0 Å². The maximum absolute atomic E-state index is 11.8. The van der Waals surface area contributed by atoms with E-state index in [1.165, 1.54) is 5.56 Å². The van der Waals surface area contributed by atoms with Gasteiger partial charge in [0, 0.05) is 9.80 Å². The van der Waals surface area contributed by atoms with Crippen LogP contribution in [-0.2, 0) is 9.84 Å². The van der Waals surface area contributed by atoms with Crippen LogP contribution in [-0.4, -0.2) is 24.8 Å². The fourth-order valence-corrected chi connectivity index (χ4v) is 3.83. The lowest BCUT2D eigenvalue weighted by Crippen LogP contribution is -2.19. The highest BCUT2D eigenvalue weighted by atomic mass is 79.9. The van der Waals surface area contributed by atoms with Crippen LogP contribution in [0.5, 0.6) is 0 Å². The lowest BCUT2D eigenvalue weighted by Gasteiger charge is -2.16. The molecule has 0 aliphatic heterocycles. The Balaban J connectivity index is 2.75. The molecule has 0 radical (unpaired) electrons. The van der Waals surface area contributed by atoms with Gasteiger partial charge in [-0.25, -0.2) is 8.42 Å². The van der Waals surface area contributed by atoms with Crippen LogP contribution in [0, 0.1) is 0 Å². The molecule has 0 N–H and O–H groups in total. The van der Waals surface area contributed by atoms with Gasteiger partial charge in [-0.05, 0) is 43.9 Å². The second kappa shape index (κ2) is 7.06. The number of hydrogen-bond donors (Lipinski definition) is 0. The Morgan fingerprint density at radius 1 is 1.28 bits per heavy atom. The predicted molar refractivity (Wildman–Crippen MR) is 84.2 cm³/mol. The van der Waals surface area contributed by atoms with Gasteiger partial charge in [0.15, 0.2) is 9.84 Å². The Labute approximate surface area is 126 Å². The molecule has 102 valence electrons. The molecule has 1 aromatic carbocycles. The Morgan fingerprint density at radius 3 is 2.44 bits per heavy atom. The molecule has 18 heavy (non-hydrogen) atoms. The van der Waals surface area contributed by atoms with E-state index in [-0.39, 0.29) is 16.9 Å². The second-order valence-electron chi connectivity index (χ2n) is 4.61. The monoisotopic (exact) mass is 396 g/mol. The standard InChI is InChI=1S/C13H18Br2O2S/c1-10(2)18(16,17)7-6-12(9-14)11-4-3-5-13(15)8-11/h3-5,8,10,12H,6-7,9H2,1-2H3. The van der Waals surface area contributed by atoms with Crippen molar-refractivity contribution in [1.29, 1.82) is 0 Å². The minimum absolute atomic E-state index is 0.232. The van der Waals surface area contributed by atoms with E-state index in [1.807, 2.05) is 24.3 Å². The normalized spacial score (nSPS) is 13.8. The maximum Gasteiger partial charge on any atom is 0.152 e. The van der Waals surface area contributed by atoms with Gasteiger partial charge in [-0.15, -0.1) is 0 Å². The van der Waals surface area contributed by atoms with E-state index >= 15 is 0 Å². The summed E-state index contributed by atoms with van der Waals surface area (Å²) in [5.41, 5.74) is 1.17. The van der Waals surface area contributed by atoms with Crippen molar-refractivity contribution in [3.63, 3.8) is 0 Å². The lowest BCUT2D eigenvalue weighted by atomic mass is 9.99. The SMILES string of the molecule is CC(C)S(=O)(=O)CCC(CBr)c1cccc(Br)c1. The van der Waals surface area contributed by atoms with Gasteiger partial charge in [0.2, 0.25) is 0 Å². The zero-order valence-corrected chi connectivity index (χ0v) is 14.6. The summed E-state index contributed by atoms with van der Waals surface area (Å²) in [5, 5.41) is 0.479. The van der Waals surface area contributed by atoms with Crippen LogP contribution >= 0.6 is 31.9 Å². The molecule has 5 heteroatoms. The van der Waals surface area contributed by atoms with E-state index in [0.717, 1.165) is 9.80 Å². The average molecular weight is 398 g/mol. The third kappa shape index (κ3) is 4.67. The van der Waals surface area contributed by atoms with Crippen LogP contribution in [0.25, 0.3) is 0 Å². The molecule has 1 aromatic rings. The molecule has 0 fully saturated rings. The van der Waals surface area contributed by atoms with Crippen LogP contribution in [0.15, 0.2) is 28.7 Å². The first-order valence-corrected chi connectivity index (χ1v) is 9.53. The molecular formula is C13H18Br2O2S. The largest absolute Gasteiger partial charge is 0.229 e. The van der Waals surface area contributed by atoms with E-state index in [4.69, 9.17) is 0 Å². The molecule has 1 rings (SSSR count). The van der Waals surface area contributed by atoms with Gasteiger partial charge >= 0.3 is 0 Å². The average Bonchev–Trinajstić information content (AvgIpc) is 2.29. The summed E-state index contributed by atoms with van der Waals surface area (Å²) >= 11 is 6.91. The summed E-state index contributed by atoms with van der Waals surface area (Å²) in [6, 6.07) is 8.04. The van der Waals surface area contributed by atoms with Gasteiger partial charge in [-0.1, -0.05) is 44.0 Å². The zero-order valence-electron chi connectivity index (χ0n) is 10.6. The summed E-state index contributed by atoms with van der Waals surface area (Å²) in [7, 11) is -2.95. The van der Waals surface area contributed by atoms with Crippen molar-refractivity contribution in [2.24, 2.45) is 0 Å². The van der Waals surface area contributed by atoms with E-state index in [1.54, 1.807) is 13.8 Å². The first-order chi connectivity index (χ1) is 8.36. The quantitative estimate of drug-likeness (QED) is 0.676. The minimum atomic E-state index is -2.95. The Hall–Kier alpha value is 0.130. The van der Waals surface area contributed by atoms with Gasteiger partial charge in [0.1, 0.15) is 0 Å². The first-order valence-electron chi connectivity index (χ1n) is 5.90. The number of rotatable bonds is 6. The Morgan fingerprint density at radius 2 is 1.94 bits per heavy atom. The third-order valence-corrected chi connectivity index (χ3v) is 6.49. The van der Waals surface area contributed by atoms with E-state index < -0.39 is 9.84 Å². The van der Waals surface area contributed by atoms with Crippen molar-refractivity contribution >= 4 is 41.7 Å². The van der Waals surface area contributed by atoms with Gasteiger partial charge in [-0.3, -0.25) is 0 Å². The molecule has 0 saturated heterocycles. The van der Waals surface area contributed by atoms with Crippen molar-refractivity contribution < 1.29 is 8.42 Å². The van der Waals surface area contributed by atoms with Crippen LogP contribution in [0.3, 0.4) is 0 Å². The first kappa shape index (κ1) is 16.2. The maximum atomic E-state index is 11.8. The van der Waals surface area contributed by atoms with Crippen molar-refractivity contribution in [3.05, 3.63) is 34.3 Å². The van der Waals surface area contributed by atoms with Gasteiger partial charge < -0.3 is 0 Å². The highest BCUT2D eigenvalue weighted by Gasteiger charge is 2.19. The molecule has 0 spiro atoms. The van der Waals surface area contributed by atoms with Crippen molar-refractivity contribution in [1.82, 2.24) is 0 Å². The fraction of sp³-hybridized carbons (Fsp3) is 0.538. The predicted octanol–water partition coefficient (Wildman–Crippen LogP) is 4.14. The van der Waals surface area contributed by atoms with Crippen LogP contribution in [0.4, 0.5) is 0 Å². The number of sulfone groups is 1. The third-order valence-electron chi connectivity index (χ3n) is 2.98. The smallest absolute Gasteiger partial charge is 0.152 e. The summed E-state index contributed by atoms with van der Waals surface area (Å²) < 4.78 is 24.7. The molecule has 1 unspecified atom stereocenters. The molecule has 0 aliphatic rings. The summed E-state index contributed by atoms with van der Waals surface area (Å²) in [5.74, 6) is 0.476. The van der Waals surface area contributed by atoms with Crippen molar-refractivity contribution in [3.8, 4) is 0 Å². The molecule has 0 amide bonds. The van der Waals surface area contributed by atoms with E-state index in [2.05, 4.69) is 31.9 Å². The van der Waals surface area contributed by atoms with Crippen LogP contribution in [0.2, 0.25) is 0 Å². The van der Waals surface area contributed by atoms with E-state index in [0.29, 0.717) is 6.42 Å². The molecule has 0 bridgehead atoms. The Bertz CT molecular complexity index is 484. The molecule has 2 nitrogen and oxygen atoms in total. The molecule has 0 aromatic heterocycles. The molecule has 1 atom stereocenters.